The van der Waals surface area contributed by atoms with Crippen molar-refractivity contribution in [2.24, 2.45) is 0 Å². The number of halogens is 1. The maximum atomic E-state index is 6.16. The molecule has 0 radical (unpaired) electrons. The Balaban J connectivity index is 1.64. The van der Waals surface area contributed by atoms with Gasteiger partial charge in [0.05, 0.1) is 17.1 Å². The standard InChI is InChI=1S/C19H21ClN4O/c1-3-24(4-2)15-11-9-14(10-12-15)21-13-18-22-23-19(25-18)16-7-5-6-8-17(16)20/h5-12,21H,3-4,13H2,1-2H3. The number of benzene rings is 2. The maximum Gasteiger partial charge on any atom is 0.249 e. The Morgan fingerprint density at radius 1 is 1.00 bits per heavy atom. The smallest absolute Gasteiger partial charge is 0.249 e. The molecule has 1 aromatic heterocycles. The first-order valence-electron chi connectivity index (χ1n) is 8.37. The van der Waals surface area contributed by atoms with Gasteiger partial charge in [-0.3, -0.25) is 0 Å². The number of nitrogens with zero attached hydrogens (tertiary/aromatic N) is 3. The highest BCUT2D eigenvalue weighted by Gasteiger charge is 2.11. The van der Waals surface area contributed by atoms with Gasteiger partial charge in [-0.1, -0.05) is 23.7 Å². The molecule has 0 aliphatic rings. The Morgan fingerprint density at radius 2 is 1.72 bits per heavy atom. The number of hydrogen-bond acceptors (Lipinski definition) is 5. The third-order valence-electron chi connectivity index (χ3n) is 4.01. The third kappa shape index (κ3) is 4.12. The minimum Gasteiger partial charge on any atom is -0.419 e. The van der Waals surface area contributed by atoms with E-state index < -0.39 is 0 Å². The van der Waals surface area contributed by atoms with Crippen LogP contribution in [0.5, 0.6) is 0 Å². The first-order chi connectivity index (χ1) is 12.2. The lowest BCUT2D eigenvalue weighted by atomic mass is 10.2. The van der Waals surface area contributed by atoms with E-state index in [0.717, 1.165) is 24.3 Å². The van der Waals surface area contributed by atoms with Gasteiger partial charge >= 0.3 is 0 Å². The highest BCUT2D eigenvalue weighted by Crippen LogP contribution is 2.26. The summed E-state index contributed by atoms with van der Waals surface area (Å²) in [6.45, 7) is 6.76. The summed E-state index contributed by atoms with van der Waals surface area (Å²) in [6.07, 6.45) is 0. The first-order valence-corrected chi connectivity index (χ1v) is 8.75. The van der Waals surface area contributed by atoms with Crippen molar-refractivity contribution >= 4 is 23.0 Å². The van der Waals surface area contributed by atoms with E-state index in [1.54, 1.807) is 6.07 Å². The second kappa shape index (κ2) is 8.03. The highest BCUT2D eigenvalue weighted by molar-refractivity contribution is 6.33. The topological polar surface area (TPSA) is 54.2 Å². The molecule has 0 bridgehead atoms. The zero-order valence-electron chi connectivity index (χ0n) is 14.4. The van der Waals surface area contributed by atoms with Crippen LogP contribution < -0.4 is 10.2 Å². The minimum absolute atomic E-state index is 0.430. The molecule has 0 unspecified atom stereocenters. The van der Waals surface area contributed by atoms with Crippen LogP contribution in [0.15, 0.2) is 52.9 Å². The molecule has 0 aliphatic carbocycles. The molecule has 6 heteroatoms. The van der Waals surface area contributed by atoms with Gasteiger partial charge in [-0.2, -0.15) is 0 Å². The molecule has 1 heterocycles. The summed E-state index contributed by atoms with van der Waals surface area (Å²) in [7, 11) is 0. The SMILES string of the molecule is CCN(CC)c1ccc(NCc2nnc(-c3ccccc3Cl)o2)cc1. The fraction of sp³-hybridized carbons (Fsp3) is 0.263. The van der Waals surface area contributed by atoms with Gasteiger partial charge < -0.3 is 14.6 Å². The molecule has 0 spiro atoms. The van der Waals surface area contributed by atoms with Gasteiger partial charge in [-0.05, 0) is 50.2 Å². The van der Waals surface area contributed by atoms with E-state index >= 15 is 0 Å². The molecule has 0 saturated heterocycles. The van der Waals surface area contributed by atoms with Gasteiger partial charge in [0.1, 0.15) is 0 Å². The van der Waals surface area contributed by atoms with Crippen molar-refractivity contribution in [1.82, 2.24) is 10.2 Å². The van der Waals surface area contributed by atoms with Gasteiger partial charge in [-0.15, -0.1) is 10.2 Å². The molecule has 0 saturated carbocycles. The quantitative estimate of drug-likeness (QED) is 0.656. The molecule has 25 heavy (non-hydrogen) atoms. The van der Waals surface area contributed by atoms with Crippen LogP contribution in [-0.4, -0.2) is 23.3 Å². The molecular weight excluding hydrogens is 336 g/mol. The molecular formula is C19H21ClN4O. The van der Waals surface area contributed by atoms with E-state index in [1.807, 2.05) is 18.2 Å². The van der Waals surface area contributed by atoms with Gasteiger partial charge in [0.25, 0.3) is 0 Å². The van der Waals surface area contributed by atoms with Gasteiger partial charge in [-0.25, -0.2) is 0 Å². The fourth-order valence-electron chi connectivity index (χ4n) is 2.63. The predicted octanol–water partition coefficient (Wildman–Crippen LogP) is 4.85. The molecule has 3 rings (SSSR count). The zero-order chi connectivity index (χ0) is 17.6. The van der Waals surface area contributed by atoms with Crippen molar-refractivity contribution in [2.45, 2.75) is 20.4 Å². The van der Waals surface area contributed by atoms with Crippen LogP contribution in [0.1, 0.15) is 19.7 Å². The Hall–Kier alpha value is -2.53. The molecule has 0 aliphatic heterocycles. The Kier molecular flexibility index (Phi) is 5.56. The van der Waals surface area contributed by atoms with E-state index in [0.29, 0.717) is 23.3 Å². The Morgan fingerprint density at radius 3 is 2.40 bits per heavy atom. The normalized spacial score (nSPS) is 10.7. The van der Waals surface area contributed by atoms with E-state index in [9.17, 15) is 0 Å². The van der Waals surface area contributed by atoms with E-state index in [-0.39, 0.29) is 0 Å². The van der Waals surface area contributed by atoms with Gasteiger partial charge in [0.15, 0.2) is 0 Å². The van der Waals surface area contributed by atoms with Crippen molar-refractivity contribution in [2.75, 3.05) is 23.3 Å². The second-order valence-corrected chi connectivity index (χ2v) is 5.96. The molecule has 130 valence electrons. The monoisotopic (exact) mass is 356 g/mol. The van der Waals surface area contributed by atoms with Crippen LogP contribution in [0.25, 0.3) is 11.5 Å². The van der Waals surface area contributed by atoms with Crippen LogP contribution >= 0.6 is 11.6 Å². The van der Waals surface area contributed by atoms with Crippen LogP contribution in [-0.2, 0) is 6.54 Å². The number of rotatable bonds is 7. The van der Waals surface area contributed by atoms with E-state index in [4.69, 9.17) is 16.0 Å². The number of anilines is 2. The molecule has 0 atom stereocenters. The van der Waals surface area contributed by atoms with Gasteiger partial charge in [0, 0.05) is 24.5 Å². The van der Waals surface area contributed by atoms with Crippen molar-refractivity contribution in [3.63, 3.8) is 0 Å². The van der Waals surface area contributed by atoms with E-state index in [2.05, 4.69) is 58.5 Å². The lowest BCUT2D eigenvalue weighted by Crippen LogP contribution is -2.21. The lowest BCUT2D eigenvalue weighted by Gasteiger charge is -2.21. The fourth-order valence-corrected chi connectivity index (χ4v) is 2.84. The third-order valence-corrected chi connectivity index (χ3v) is 4.34. The Labute approximate surface area is 152 Å². The molecule has 0 amide bonds. The summed E-state index contributed by atoms with van der Waals surface area (Å²) in [5.74, 6) is 0.946. The van der Waals surface area contributed by atoms with Crippen molar-refractivity contribution < 1.29 is 4.42 Å². The molecule has 1 N–H and O–H groups in total. The minimum atomic E-state index is 0.430. The largest absolute Gasteiger partial charge is 0.419 e. The van der Waals surface area contributed by atoms with Gasteiger partial charge in [0.2, 0.25) is 11.8 Å². The maximum absolute atomic E-state index is 6.16. The summed E-state index contributed by atoms with van der Waals surface area (Å²) < 4.78 is 5.69. The predicted molar refractivity (Wildman–Crippen MR) is 102 cm³/mol. The van der Waals surface area contributed by atoms with E-state index in [1.165, 1.54) is 5.69 Å². The average molecular weight is 357 g/mol. The zero-order valence-corrected chi connectivity index (χ0v) is 15.1. The van der Waals surface area contributed by atoms with Crippen molar-refractivity contribution in [3.8, 4) is 11.5 Å². The van der Waals surface area contributed by atoms with Crippen molar-refractivity contribution in [3.05, 3.63) is 59.4 Å². The Bertz CT molecular complexity index is 812. The van der Waals surface area contributed by atoms with Crippen LogP contribution in [0.3, 0.4) is 0 Å². The molecule has 0 fully saturated rings. The summed E-state index contributed by atoms with van der Waals surface area (Å²) in [5.41, 5.74) is 2.97. The summed E-state index contributed by atoms with van der Waals surface area (Å²) in [5, 5.41) is 12.0. The number of aromatic nitrogens is 2. The summed E-state index contributed by atoms with van der Waals surface area (Å²) in [6, 6.07) is 15.7. The average Bonchev–Trinajstić information content (AvgIpc) is 3.11. The van der Waals surface area contributed by atoms with Crippen LogP contribution in [0.2, 0.25) is 5.02 Å². The molecule has 3 aromatic rings. The highest BCUT2D eigenvalue weighted by atomic mass is 35.5. The number of hydrogen-bond donors (Lipinski definition) is 1. The summed E-state index contributed by atoms with van der Waals surface area (Å²) in [4.78, 5) is 2.30. The molecule has 2 aromatic carbocycles. The second-order valence-electron chi connectivity index (χ2n) is 5.55. The molecule has 5 nitrogen and oxygen atoms in total. The first kappa shape index (κ1) is 17.3. The number of nitrogens with one attached hydrogen (secondary N) is 1. The lowest BCUT2D eigenvalue weighted by molar-refractivity contribution is 0.515. The van der Waals surface area contributed by atoms with Crippen LogP contribution in [0.4, 0.5) is 11.4 Å². The van der Waals surface area contributed by atoms with Crippen LogP contribution in [0, 0.1) is 0 Å². The summed E-state index contributed by atoms with van der Waals surface area (Å²) >= 11 is 6.16. The van der Waals surface area contributed by atoms with Crippen molar-refractivity contribution in [1.29, 1.82) is 0 Å².